The van der Waals surface area contributed by atoms with Crippen LogP contribution in [0.5, 0.6) is 0 Å². The first-order valence-corrected chi connectivity index (χ1v) is 2.62. The molecule has 0 saturated heterocycles. The standard InChI is InChI=1S/C6H12O.H3N/c1-5(2)4-6(3)7;/h5H,4H2,1-3H3;1H3. The van der Waals surface area contributed by atoms with Crippen molar-refractivity contribution in [3.05, 3.63) is 0 Å². The summed E-state index contributed by atoms with van der Waals surface area (Å²) < 4.78 is 0. The van der Waals surface area contributed by atoms with Gasteiger partial charge in [0.1, 0.15) is 5.78 Å². The Balaban J connectivity index is 0. The van der Waals surface area contributed by atoms with E-state index < -0.39 is 0 Å². The minimum Gasteiger partial charge on any atom is -0.344 e. The van der Waals surface area contributed by atoms with Crippen molar-refractivity contribution in [1.82, 2.24) is 6.15 Å². The van der Waals surface area contributed by atoms with Crippen molar-refractivity contribution in [2.75, 3.05) is 0 Å². The molecule has 3 N–H and O–H groups in total. The zero-order valence-corrected chi connectivity index (χ0v) is 5.90. The Bertz CT molecular complexity index is 68.9. The summed E-state index contributed by atoms with van der Waals surface area (Å²) in [5.41, 5.74) is 0. The molecule has 0 radical (unpaired) electrons. The molecule has 0 amide bonds. The summed E-state index contributed by atoms with van der Waals surface area (Å²) in [6.45, 7) is 5.71. The van der Waals surface area contributed by atoms with Crippen LogP contribution in [0.3, 0.4) is 0 Å². The van der Waals surface area contributed by atoms with E-state index in [2.05, 4.69) is 0 Å². The maximum Gasteiger partial charge on any atom is 0.130 e. The largest absolute Gasteiger partial charge is 0.344 e. The molecule has 0 heterocycles. The van der Waals surface area contributed by atoms with Crippen LogP contribution in [0.1, 0.15) is 27.2 Å². The quantitative estimate of drug-likeness (QED) is 0.599. The Labute approximate surface area is 50.9 Å². The average Bonchev–Trinajstić information content (AvgIpc) is 1.27. The number of hydrogen-bond acceptors (Lipinski definition) is 2. The third-order valence-electron chi connectivity index (χ3n) is 0.696. The van der Waals surface area contributed by atoms with E-state index in [1.807, 2.05) is 13.8 Å². The normalized spacial score (nSPS) is 8.50. The average molecular weight is 117 g/mol. The molecule has 0 fully saturated rings. The van der Waals surface area contributed by atoms with Gasteiger partial charge >= 0.3 is 0 Å². The van der Waals surface area contributed by atoms with Crippen molar-refractivity contribution in [2.24, 2.45) is 5.92 Å². The van der Waals surface area contributed by atoms with Crippen molar-refractivity contribution in [2.45, 2.75) is 27.2 Å². The summed E-state index contributed by atoms with van der Waals surface area (Å²) in [5.74, 6) is 0.813. The SMILES string of the molecule is CC(=O)CC(C)C.N. The highest BCUT2D eigenvalue weighted by Gasteiger charge is 1.95. The van der Waals surface area contributed by atoms with E-state index in [-0.39, 0.29) is 11.9 Å². The van der Waals surface area contributed by atoms with Gasteiger partial charge in [0.2, 0.25) is 0 Å². The van der Waals surface area contributed by atoms with Gasteiger partial charge < -0.3 is 10.9 Å². The van der Waals surface area contributed by atoms with Gasteiger partial charge in [0.05, 0.1) is 0 Å². The van der Waals surface area contributed by atoms with Crippen LogP contribution in [0.25, 0.3) is 0 Å². The Kier molecular flexibility index (Phi) is 6.32. The van der Waals surface area contributed by atoms with Gasteiger partial charge in [0.15, 0.2) is 0 Å². The second kappa shape index (κ2) is 4.78. The van der Waals surface area contributed by atoms with E-state index in [4.69, 9.17) is 0 Å². The molecule has 8 heavy (non-hydrogen) atoms. The Morgan fingerprint density at radius 3 is 1.88 bits per heavy atom. The summed E-state index contributed by atoms with van der Waals surface area (Å²) in [5, 5.41) is 0. The van der Waals surface area contributed by atoms with Gasteiger partial charge in [-0.3, -0.25) is 0 Å². The van der Waals surface area contributed by atoms with E-state index in [1.165, 1.54) is 0 Å². The van der Waals surface area contributed by atoms with Gasteiger partial charge in [-0.25, -0.2) is 0 Å². The Morgan fingerprint density at radius 2 is 1.88 bits per heavy atom. The first-order chi connectivity index (χ1) is 3.13. The number of carbonyl (C=O) groups is 1. The summed E-state index contributed by atoms with van der Waals surface area (Å²) in [6, 6.07) is 0. The second-order valence-corrected chi connectivity index (χ2v) is 2.30. The van der Waals surface area contributed by atoms with E-state index in [9.17, 15) is 4.79 Å². The molecule has 2 nitrogen and oxygen atoms in total. The monoisotopic (exact) mass is 117 g/mol. The van der Waals surface area contributed by atoms with Crippen molar-refractivity contribution in [1.29, 1.82) is 0 Å². The fourth-order valence-corrected chi connectivity index (χ4v) is 0.575. The molecular weight excluding hydrogens is 102 g/mol. The molecule has 0 saturated carbocycles. The fourth-order valence-electron chi connectivity index (χ4n) is 0.575. The third kappa shape index (κ3) is 9.16. The molecule has 0 aromatic carbocycles. The van der Waals surface area contributed by atoms with Crippen LogP contribution in [0.2, 0.25) is 0 Å². The number of Topliss-reactive ketones (excluding diaryl/α,β-unsaturated/α-hetero) is 1. The molecule has 50 valence electrons. The predicted molar refractivity (Wildman–Crippen MR) is 35.2 cm³/mol. The van der Waals surface area contributed by atoms with E-state index in [0.717, 1.165) is 6.42 Å². The van der Waals surface area contributed by atoms with Crippen molar-refractivity contribution < 1.29 is 4.79 Å². The second-order valence-electron chi connectivity index (χ2n) is 2.30. The zero-order chi connectivity index (χ0) is 5.86. The lowest BCUT2D eigenvalue weighted by Gasteiger charge is -1.95. The van der Waals surface area contributed by atoms with Crippen molar-refractivity contribution >= 4 is 5.78 Å². The highest BCUT2D eigenvalue weighted by molar-refractivity contribution is 5.75. The van der Waals surface area contributed by atoms with Gasteiger partial charge in [0, 0.05) is 6.42 Å². The minimum atomic E-state index is 0. The van der Waals surface area contributed by atoms with Gasteiger partial charge in [0.25, 0.3) is 0 Å². The maximum absolute atomic E-state index is 10.3. The van der Waals surface area contributed by atoms with Crippen LogP contribution in [-0.4, -0.2) is 5.78 Å². The summed E-state index contributed by atoms with van der Waals surface area (Å²) >= 11 is 0. The molecule has 0 atom stereocenters. The lowest BCUT2D eigenvalue weighted by Crippen LogP contribution is -1.95. The van der Waals surface area contributed by atoms with Crippen LogP contribution in [0, 0.1) is 5.92 Å². The fraction of sp³-hybridized carbons (Fsp3) is 0.833. The van der Waals surface area contributed by atoms with Crippen LogP contribution in [0.4, 0.5) is 0 Å². The van der Waals surface area contributed by atoms with E-state index in [1.54, 1.807) is 6.92 Å². The van der Waals surface area contributed by atoms with Crippen molar-refractivity contribution in [3.63, 3.8) is 0 Å². The highest BCUT2D eigenvalue weighted by Crippen LogP contribution is 1.97. The van der Waals surface area contributed by atoms with E-state index >= 15 is 0 Å². The molecule has 0 bridgehead atoms. The molecule has 0 aliphatic heterocycles. The van der Waals surface area contributed by atoms with Crippen LogP contribution < -0.4 is 6.15 Å². The molecule has 0 aromatic heterocycles. The molecule has 0 aliphatic rings. The molecule has 0 aromatic rings. The zero-order valence-electron chi connectivity index (χ0n) is 5.90. The van der Waals surface area contributed by atoms with Gasteiger partial charge in [-0.2, -0.15) is 0 Å². The highest BCUT2D eigenvalue weighted by atomic mass is 16.1. The summed E-state index contributed by atoms with van der Waals surface area (Å²) in [7, 11) is 0. The van der Waals surface area contributed by atoms with Crippen LogP contribution >= 0.6 is 0 Å². The molecule has 0 spiro atoms. The van der Waals surface area contributed by atoms with Crippen molar-refractivity contribution in [3.8, 4) is 0 Å². The Morgan fingerprint density at radius 1 is 1.50 bits per heavy atom. The molecule has 0 rings (SSSR count). The minimum absolute atomic E-state index is 0. The third-order valence-corrected chi connectivity index (χ3v) is 0.696. The summed E-state index contributed by atoms with van der Waals surface area (Å²) in [4.78, 5) is 10.3. The number of carbonyl (C=O) groups excluding carboxylic acids is 1. The number of rotatable bonds is 2. The molecule has 2 heteroatoms. The lowest BCUT2D eigenvalue weighted by atomic mass is 10.1. The van der Waals surface area contributed by atoms with Gasteiger partial charge in [-0.15, -0.1) is 0 Å². The summed E-state index contributed by atoms with van der Waals surface area (Å²) in [6.07, 6.45) is 0.722. The number of hydrogen-bond donors (Lipinski definition) is 1. The number of ketones is 1. The van der Waals surface area contributed by atoms with Crippen LogP contribution in [0.15, 0.2) is 0 Å². The van der Waals surface area contributed by atoms with Crippen LogP contribution in [-0.2, 0) is 4.79 Å². The first kappa shape index (κ1) is 10.6. The topological polar surface area (TPSA) is 52.1 Å². The first-order valence-electron chi connectivity index (χ1n) is 2.62. The lowest BCUT2D eigenvalue weighted by molar-refractivity contribution is -0.117. The van der Waals surface area contributed by atoms with Gasteiger partial charge in [-0.05, 0) is 12.8 Å². The maximum atomic E-state index is 10.3. The molecular formula is C6H15NO. The smallest absolute Gasteiger partial charge is 0.130 e. The van der Waals surface area contributed by atoms with E-state index in [0.29, 0.717) is 5.92 Å². The molecule has 0 aliphatic carbocycles. The van der Waals surface area contributed by atoms with Gasteiger partial charge in [-0.1, -0.05) is 13.8 Å². The molecule has 0 unspecified atom stereocenters. The predicted octanol–water partition coefficient (Wildman–Crippen LogP) is 1.78. The Hall–Kier alpha value is -0.370.